The first kappa shape index (κ1) is 14.1. The van der Waals surface area contributed by atoms with Gasteiger partial charge in [-0.15, -0.1) is 0 Å². The molecule has 0 spiro atoms. The fraction of sp³-hybridized carbons (Fsp3) is 0.235. The molecule has 4 heteroatoms. The van der Waals surface area contributed by atoms with Crippen LogP contribution in [0.1, 0.15) is 34.5 Å². The van der Waals surface area contributed by atoms with E-state index in [9.17, 15) is 4.79 Å². The van der Waals surface area contributed by atoms with E-state index in [1.54, 1.807) is 0 Å². The summed E-state index contributed by atoms with van der Waals surface area (Å²) in [6.07, 6.45) is 0.985. The van der Waals surface area contributed by atoms with Crippen LogP contribution in [0.5, 0.6) is 0 Å². The molecule has 0 saturated carbocycles. The van der Waals surface area contributed by atoms with E-state index in [0.717, 1.165) is 34.3 Å². The van der Waals surface area contributed by atoms with Gasteiger partial charge in [-0.2, -0.15) is 0 Å². The molecule has 1 amide bonds. The van der Waals surface area contributed by atoms with Crippen LogP contribution in [0.4, 0.5) is 5.69 Å². The zero-order valence-electron chi connectivity index (χ0n) is 11.8. The van der Waals surface area contributed by atoms with Gasteiger partial charge in [-0.1, -0.05) is 28.1 Å². The van der Waals surface area contributed by atoms with E-state index in [1.165, 1.54) is 5.56 Å². The molecule has 21 heavy (non-hydrogen) atoms. The monoisotopic (exact) mass is 344 g/mol. The summed E-state index contributed by atoms with van der Waals surface area (Å²) in [4.78, 5) is 12.4. The van der Waals surface area contributed by atoms with Gasteiger partial charge in [-0.3, -0.25) is 4.79 Å². The quantitative estimate of drug-likeness (QED) is 0.886. The zero-order chi connectivity index (χ0) is 14.8. The molecule has 0 bridgehead atoms. The van der Waals surface area contributed by atoms with E-state index in [1.807, 2.05) is 49.4 Å². The number of carbonyl (C=O) groups excluding carboxylic acids is 1. The highest BCUT2D eigenvalue weighted by molar-refractivity contribution is 9.10. The Labute approximate surface area is 132 Å². The van der Waals surface area contributed by atoms with Gasteiger partial charge in [0.15, 0.2) is 0 Å². The fourth-order valence-electron chi connectivity index (χ4n) is 2.56. The second kappa shape index (κ2) is 5.90. The largest absolute Gasteiger partial charge is 0.384 e. The van der Waals surface area contributed by atoms with Gasteiger partial charge >= 0.3 is 0 Å². The summed E-state index contributed by atoms with van der Waals surface area (Å²) in [6, 6.07) is 13.8. The summed E-state index contributed by atoms with van der Waals surface area (Å²) in [7, 11) is 0. The fourth-order valence-corrected chi connectivity index (χ4v) is 2.83. The number of hydrogen-bond donors (Lipinski definition) is 2. The van der Waals surface area contributed by atoms with Gasteiger partial charge < -0.3 is 10.6 Å². The van der Waals surface area contributed by atoms with Crippen LogP contribution < -0.4 is 10.6 Å². The molecular formula is C17H17BrN2O. The Hall–Kier alpha value is -1.81. The molecule has 2 aromatic rings. The maximum absolute atomic E-state index is 12.4. The Bertz CT molecular complexity index is 667. The molecule has 1 aliphatic rings. The Morgan fingerprint density at radius 2 is 2.00 bits per heavy atom. The molecule has 0 fully saturated rings. The minimum absolute atomic E-state index is 0.0167. The zero-order valence-corrected chi connectivity index (χ0v) is 13.4. The number of benzene rings is 2. The highest BCUT2D eigenvalue weighted by Gasteiger charge is 2.15. The van der Waals surface area contributed by atoms with Crippen molar-refractivity contribution in [1.29, 1.82) is 0 Å². The number of hydrogen-bond acceptors (Lipinski definition) is 2. The molecule has 2 N–H and O–H groups in total. The number of rotatable bonds is 3. The van der Waals surface area contributed by atoms with Gasteiger partial charge in [0.1, 0.15) is 0 Å². The highest BCUT2D eigenvalue weighted by Crippen LogP contribution is 2.23. The van der Waals surface area contributed by atoms with E-state index in [-0.39, 0.29) is 11.9 Å². The highest BCUT2D eigenvalue weighted by atomic mass is 79.9. The molecule has 1 aliphatic heterocycles. The van der Waals surface area contributed by atoms with E-state index in [4.69, 9.17) is 0 Å². The predicted octanol–water partition coefficient (Wildman–Crippen LogP) is 3.91. The summed E-state index contributed by atoms with van der Waals surface area (Å²) in [5.41, 5.74) is 4.18. The van der Waals surface area contributed by atoms with Crippen LogP contribution in [0.2, 0.25) is 0 Å². The lowest BCUT2D eigenvalue weighted by molar-refractivity contribution is 0.0940. The second-order valence-corrected chi connectivity index (χ2v) is 6.21. The topological polar surface area (TPSA) is 41.1 Å². The van der Waals surface area contributed by atoms with Crippen LogP contribution in [0.3, 0.4) is 0 Å². The van der Waals surface area contributed by atoms with Crippen LogP contribution in [0, 0.1) is 0 Å². The molecule has 0 aliphatic carbocycles. The lowest BCUT2D eigenvalue weighted by Gasteiger charge is -2.15. The number of nitrogens with one attached hydrogen (secondary N) is 2. The summed E-state index contributed by atoms with van der Waals surface area (Å²) in [6.45, 7) is 2.95. The molecule has 1 heterocycles. The van der Waals surface area contributed by atoms with Crippen molar-refractivity contribution in [2.75, 3.05) is 11.9 Å². The lowest BCUT2D eigenvalue weighted by atomic mass is 10.1. The van der Waals surface area contributed by atoms with E-state index < -0.39 is 0 Å². The molecular weight excluding hydrogens is 328 g/mol. The van der Waals surface area contributed by atoms with Gasteiger partial charge in [0, 0.05) is 22.3 Å². The lowest BCUT2D eigenvalue weighted by Crippen LogP contribution is -2.26. The number of fused-ring (bicyclic) bond motifs is 1. The molecule has 108 valence electrons. The van der Waals surface area contributed by atoms with Gasteiger partial charge in [-0.25, -0.2) is 0 Å². The standard InChI is InChI=1S/C17H17BrN2O/c1-11(12-2-5-15(18)6-3-12)20-17(21)14-4-7-16-13(10-14)8-9-19-16/h2-7,10-11,19H,8-9H2,1H3,(H,20,21)/t11-/m0/s1. The van der Waals surface area contributed by atoms with Crippen LogP contribution in [-0.4, -0.2) is 12.5 Å². The Morgan fingerprint density at radius 3 is 2.76 bits per heavy atom. The summed E-state index contributed by atoms with van der Waals surface area (Å²) >= 11 is 3.42. The molecule has 2 aromatic carbocycles. The van der Waals surface area contributed by atoms with Crippen LogP contribution in [-0.2, 0) is 6.42 Å². The molecule has 1 atom stereocenters. The molecule has 0 saturated heterocycles. The first-order valence-corrected chi connectivity index (χ1v) is 7.86. The maximum Gasteiger partial charge on any atom is 0.251 e. The van der Waals surface area contributed by atoms with Crippen molar-refractivity contribution in [3.63, 3.8) is 0 Å². The SMILES string of the molecule is C[C@H](NC(=O)c1ccc2c(c1)CCN2)c1ccc(Br)cc1. The van der Waals surface area contributed by atoms with E-state index >= 15 is 0 Å². The van der Waals surface area contributed by atoms with Gasteiger partial charge in [-0.05, 0) is 54.8 Å². The Morgan fingerprint density at radius 1 is 1.24 bits per heavy atom. The van der Waals surface area contributed by atoms with Crippen molar-refractivity contribution in [3.05, 3.63) is 63.6 Å². The van der Waals surface area contributed by atoms with E-state index in [2.05, 4.69) is 26.6 Å². The number of halogens is 1. The van der Waals surface area contributed by atoms with Crippen molar-refractivity contribution < 1.29 is 4.79 Å². The second-order valence-electron chi connectivity index (χ2n) is 5.30. The third-order valence-corrected chi connectivity index (χ3v) is 4.32. The smallest absolute Gasteiger partial charge is 0.251 e. The van der Waals surface area contributed by atoms with E-state index in [0.29, 0.717) is 0 Å². The number of carbonyl (C=O) groups is 1. The van der Waals surface area contributed by atoms with Gasteiger partial charge in [0.05, 0.1) is 6.04 Å². The number of amides is 1. The van der Waals surface area contributed by atoms with Crippen molar-refractivity contribution >= 4 is 27.5 Å². The van der Waals surface area contributed by atoms with Gasteiger partial charge in [0.2, 0.25) is 0 Å². The first-order chi connectivity index (χ1) is 10.1. The normalized spacial score (nSPS) is 14.2. The molecule has 3 rings (SSSR count). The van der Waals surface area contributed by atoms with Crippen molar-refractivity contribution in [1.82, 2.24) is 5.32 Å². The third-order valence-electron chi connectivity index (χ3n) is 3.79. The summed E-state index contributed by atoms with van der Waals surface area (Å²) < 4.78 is 1.04. The van der Waals surface area contributed by atoms with Crippen LogP contribution in [0.25, 0.3) is 0 Å². The molecule has 0 unspecified atom stereocenters. The minimum Gasteiger partial charge on any atom is -0.384 e. The van der Waals surface area contributed by atoms with Crippen LogP contribution >= 0.6 is 15.9 Å². The third kappa shape index (κ3) is 3.10. The molecule has 0 aromatic heterocycles. The average Bonchev–Trinajstić information content (AvgIpc) is 2.95. The number of anilines is 1. The molecule has 0 radical (unpaired) electrons. The Balaban J connectivity index is 1.72. The van der Waals surface area contributed by atoms with Crippen molar-refractivity contribution in [2.24, 2.45) is 0 Å². The first-order valence-electron chi connectivity index (χ1n) is 7.06. The average molecular weight is 345 g/mol. The van der Waals surface area contributed by atoms with Crippen LogP contribution in [0.15, 0.2) is 46.9 Å². The van der Waals surface area contributed by atoms with Crippen molar-refractivity contribution in [3.8, 4) is 0 Å². The molecule has 3 nitrogen and oxygen atoms in total. The predicted molar refractivity (Wildman–Crippen MR) is 88.7 cm³/mol. The maximum atomic E-state index is 12.4. The Kier molecular flexibility index (Phi) is 3.97. The minimum atomic E-state index is -0.0277. The van der Waals surface area contributed by atoms with Gasteiger partial charge in [0.25, 0.3) is 5.91 Å². The summed E-state index contributed by atoms with van der Waals surface area (Å²) in [5, 5.41) is 6.35. The summed E-state index contributed by atoms with van der Waals surface area (Å²) in [5.74, 6) is -0.0277. The van der Waals surface area contributed by atoms with Crippen molar-refractivity contribution in [2.45, 2.75) is 19.4 Å².